The van der Waals surface area contributed by atoms with Crippen molar-refractivity contribution in [2.45, 2.75) is 0 Å². The monoisotopic (exact) mass is 250 g/mol. The molecule has 0 radical (unpaired) electrons. The molecule has 7 heteroatoms. The van der Waals surface area contributed by atoms with Crippen LogP contribution in [0.15, 0.2) is 30.3 Å². The number of nitrogen functional groups attached to an aromatic ring is 1. The number of benzene rings is 1. The number of hydrogen-bond donors (Lipinski definition) is 1. The van der Waals surface area contributed by atoms with E-state index in [0.717, 1.165) is 0 Å². The molecule has 0 bridgehead atoms. The molecule has 0 spiro atoms. The van der Waals surface area contributed by atoms with Crippen molar-refractivity contribution in [2.24, 2.45) is 0 Å². The Balaban J connectivity index is 2.52. The summed E-state index contributed by atoms with van der Waals surface area (Å²) in [6, 6.07) is 7.55. The zero-order chi connectivity index (χ0) is 12.4. The van der Waals surface area contributed by atoms with Crippen molar-refractivity contribution in [2.75, 3.05) is 5.73 Å². The highest BCUT2D eigenvalue weighted by Crippen LogP contribution is 2.24. The summed E-state index contributed by atoms with van der Waals surface area (Å²) in [5.74, 6) is 0.0269. The molecule has 1 aromatic carbocycles. The quantitative estimate of drug-likeness (QED) is 0.501. The van der Waals surface area contributed by atoms with E-state index in [1.54, 1.807) is 12.1 Å². The van der Waals surface area contributed by atoms with Gasteiger partial charge in [-0.3, -0.25) is 10.1 Å². The number of nitrogens with zero attached hydrogens (tertiary/aromatic N) is 3. The van der Waals surface area contributed by atoms with Gasteiger partial charge in [0.2, 0.25) is 5.95 Å². The van der Waals surface area contributed by atoms with Gasteiger partial charge in [0, 0.05) is 23.8 Å². The third-order valence-corrected chi connectivity index (χ3v) is 2.26. The van der Waals surface area contributed by atoms with Crippen LogP contribution >= 0.6 is 11.6 Å². The second-order valence-corrected chi connectivity index (χ2v) is 3.63. The fraction of sp³-hybridized carbons (Fsp3) is 0. The van der Waals surface area contributed by atoms with Crippen molar-refractivity contribution in [3.8, 4) is 11.3 Å². The lowest BCUT2D eigenvalue weighted by atomic mass is 10.1. The molecular weight excluding hydrogens is 244 g/mol. The van der Waals surface area contributed by atoms with Gasteiger partial charge in [-0.1, -0.05) is 23.7 Å². The molecule has 0 amide bonds. The summed E-state index contributed by atoms with van der Waals surface area (Å²) in [7, 11) is 0. The van der Waals surface area contributed by atoms with E-state index in [1.807, 2.05) is 0 Å². The Hall–Kier alpha value is -2.21. The Bertz CT molecular complexity index is 568. The van der Waals surface area contributed by atoms with Crippen LogP contribution in [0.25, 0.3) is 11.3 Å². The van der Waals surface area contributed by atoms with E-state index in [9.17, 15) is 10.1 Å². The standard InChI is InChI=1S/C10H7ClN4O2/c11-9-5-8(13-10(12)14-9)6-2-1-3-7(4-6)15(16)17/h1-5H,(H2,12,13,14). The first-order valence-corrected chi connectivity index (χ1v) is 4.99. The molecule has 2 rings (SSSR count). The zero-order valence-electron chi connectivity index (χ0n) is 8.50. The molecule has 0 saturated carbocycles. The number of hydrogen-bond acceptors (Lipinski definition) is 5. The third kappa shape index (κ3) is 2.48. The number of nitrogens with two attached hydrogens (primary N) is 1. The maximum absolute atomic E-state index is 10.6. The third-order valence-electron chi connectivity index (χ3n) is 2.06. The van der Waals surface area contributed by atoms with Crippen LogP contribution in [0.2, 0.25) is 5.15 Å². The molecule has 1 aromatic heterocycles. The number of aromatic nitrogens is 2. The van der Waals surface area contributed by atoms with E-state index in [2.05, 4.69) is 9.97 Å². The first kappa shape index (κ1) is 11.3. The lowest BCUT2D eigenvalue weighted by Gasteiger charge is -2.02. The summed E-state index contributed by atoms with van der Waals surface area (Å²) in [6.45, 7) is 0. The van der Waals surface area contributed by atoms with Gasteiger partial charge in [0.05, 0.1) is 10.6 Å². The Morgan fingerprint density at radius 1 is 1.29 bits per heavy atom. The van der Waals surface area contributed by atoms with Crippen molar-refractivity contribution < 1.29 is 4.92 Å². The van der Waals surface area contributed by atoms with E-state index in [4.69, 9.17) is 17.3 Å². The normalized spacial score (nSPS) is 10.2. The molecule has 0 fully saturated rings. The topological polar surface area (TPSA) is 94.9 Å². The first-order chi connectivity index (χ1) is 8.06. The van der Waals surface area contributed by atoms with Gasteiger partial charge in [0.15, 0.2) is 0 Å². The number of nitro groups is 1. The second-order valence-electron chi connectivity index (χ2n) is 3.24. The Morgan fingerprint density at radius 2 is 2.06 bits per heavy atom. The number of halogens is 1. The SMILES string of the molecule is Nc1nc(Cl)cc(-c2cccc([N+](=O)[O-])c2)n1. The predicted molar refractivity (Wildman–Crippen MR) is 63.5 cm³/mol. The van der Waals surface area contributed by atoms with Gasteiger partial charge < -0.3 is 5.73 Å². The molecule has 1 heterocycles. The van der Waals surface area contributed by atoms with Crippen LogP contribution in [0.4, 0.5) is 11.6 Å². The Kier molecular flexibility index (Phi) is 2.88. The molecular formula is C10H7ClN4O2. The molecule has 6 nitrogen and oxygen atoms in total. The van der Waals surface area contributed by atoms with Gasteiger partial charge in [-0.15, -0.1) is 0 Å². The van der Waals surface area contributed by atoms with Crippen LogP contribution in [-0.4, -0.2) is 14.9 Å². The Labute approximate surface area is 101 Å². The minimum atomic E-state index is -0.477. The summed E-state index contributed by atoms with van der Waals surface area (Å²) >= 11 is 5.74. The zero-order valence-corrected chi connectivity index (χ0v) is 9.26. The molecule has 0 aliphatic carbocycles. The van der Waals surface area contributed by atoms with Gasteiger partial charge in [-0.2, -0.15) is 0 Å². The van der Waals surface area contributed by atoms with Gasteiger partial charge in [-0.25, -0.2) is 9.97 Å². The van der Waals surface area contributed by atoms with E-state index < -0.39 is 4.92 Å². The summed E-state index contributed by atoms with van der Waals surface area (Å²) in [5.41, 5.74) is 6.45. The van der Waals surface area contributed by atoms with Crippen molar-refractivity contribution in [1.82, 2.24) is 9.97 Å². The number of non-ortho nitro benzene ring substituents is 1. The lowest BCUT2D eigenvalue weighted by Crippen LogP contribution is -1.97. The lowest BCUT2D eigenvalue weighted by molar-refractivity contribution is -0.384. The van der Waals surface area contributed by atoms with Crippen LogP contribution in [0.1, 0.15) is 0 Å². The highest BCUT2D eigenvalue weighted by atomic mass is 35.5. The number of nitro benzene ring substituents is 1. The molecule has 0 aliphatic rings. The van der Waals surface area contributed by atoms with Crippen molar-refractivity contribution >= 4 is 23.2 Å². The van der Waals surface area contributed by atoms with E-state index in [-0.39, 0.29) is 16.8 Å². The Morgan fingerprint density at radius 3 is 2.71 bits per heavy atom. The van der Waals surface area contributed by atoms with E-state index >= 15 is 0 Å². The molecule has 0 unspecified atom stereocenters. The van der Waals surface area contributed by atoms with E-state index in [0.29, 0.717) is 11.3 Å². The van der Waals surface area contributed by atoms with Gasteiger partial charge in [-0.05, 0) is 0 Å². The molecule has 86 valence electrons. The van der Waals surface area contributed by atoms with Crippen LogP contribution in [0.5, 0.6) is 0 Å². The van der Waals surface area contributed by atoms with Gasteiger partial charge in [0.1, 0.15) is 5.15 Å². The highest BCUT2D eigenvalue weighted by Gasteiger charge is 2.09. The van der Waals surface area contributed by atoms with Crippen molar-refractivity contribution in [3.05, 3.63) is 45.6 Å². The average molecular weight is 251 g/mol. The average Bonchev–Trinajstić information content (AvgIpc) is 2.28. The molecule has 0 aliphatic heterocycles. The largest absolute Gasteiger partial charge is 0.368 e. The summed E-state index contributed by atoms with van der Waals surface area (Å²) in [4.78, 5) is 17.8. The minimum Gasteiger partial charge on any atom is -0.368 e. The highest BCUT2D eigenvalue weighted by molar-refractivity contribution is 6.29. The van der Waals surface area contributed by atoms with Crippen molar-refractivity contribution in [1.29, 1.82) is 0 Å². The maximum atomic E-state index is 10.6. The van der Waals surface area contributed by atoms with Crippen LogP contribution in [0.3, 0.4) is 0 Å². The number of anilines is 1. The first-order valence-electron chi connectivity index (χ1n) is 4.61. The number of rotatable bonds is 2. The van der Waals surface area contributed by atoms with Crippen LogP contribution < -0.4 is 5.73 Å². The van der Waals surface area contributed by atoms with Crippen LogP contribution in [0, 0.1) is 10.1 Å². The summed E-state index contributed by atoms with van der Waals surface area (Å²) in [6.07, 6.45) is 0. The molecule has 2 N–H and O–H groups in total. The minimum absolute atomic E-state index is 0.0178. The summed E-state index contributed by atoms with van der Waals surface area (Å²) in [5, 5.41) is 10.8. The molecule has 0 atom stereocenters. The molecule has 0 saturated heterocycles. The fourth-order valence-electron chi connectivity index (χ4n) is 1.36. The second kappa shape index (κ2) is 4.34. The fourth-order valence-corrected chi connectivity index (χ4v) is 1.55. The van der Waals surface area contributed by atoms with Gasteiger partial charge >= 0.3 is 0 Å². The van der Waals surface area contributed by atoms with Crippen molar-refractivity contribution in [3.63, 3.8) is 0 Å². The summed E-state index contributed by atoms with van der Waals surface area (Å²) < 4.78 is 0. The van der Waals surface area contributed by atoms with Crippen LogP contribution in [-0.2, 0) is 0 Å². The molecule has 17 heavy (non-hydrogen) atoms. The maximum Gasteiger partial charge on any atom is 0.270 e. The van der Waals surface area contributed by atoms with Gasteiger partial charge in [0.25, 0.3) is 5.69 Å². The molecule has 2 aromatic rings. The predicted octanol–water partition coefficient (Wildman–Crippen LogP) is 2.29. The van der Waals surface area contributed by atoms with E-state index in [1.165, 1.54) is 18.2 Å². The smallest absolute Gasteiger partial charge is 0.270 e.